The van der Waals surface area contributed by atoms with Crippen molar-refractivity contribution < 1.29 is 19.0 Å². The Bertz CT molecular complexity index is 1780. The number of carbonyl (C=O) groups excluding carboxylic acids is 1. The zero-order chi connectivity index (χ0) is 37.3. The summed E-state index contributed by atoms with van der Waals surface area (Å²) in [5.74, 6) is 1.46. The van der Waals surface area contributed by atoms with Gasteiger partial charge in [0.05, 0.1) is 21.3 Å². The smallest absolute Gasteiger partial charge is 0.253 e. The lowest BCUT2D eigenvalue weighted by atomic mass is 9.97. The van der Waals surface area contributed by atoms with E-state index >= 15 is 0 Å². The van der Waals surface area contributed by atoms with Gasteiger partial charge in [-0.3, -0.25) is 14.5 Å². The number of piperidine rings is 1. The number of H-pyrrole nitrogens is 1. The van der Waals surface area contributed by atoms with Crippen LogP contribution < -0.4 is 25.1 Å². The molecule has 1 aliphatic rings. The number of benzene rings is 1. The van der Waals surface area contributed by atoms with Gasteiger partial charge in [-0.05, 0) is 102 Å². The molecule has 1 fully saturated rings. The van der Waals surface area contributed by atoms with E-state index in [0.29, 0.717) is 34.4 Å². The molecular formula is C40H59N5O5. The predicted octanol–water partition coefficient (Wildman–Crippen LogP) is 7.32. The zero-order valence-corrected chi connectivity index (χ0v) is 32.5. The highest BCUT2D eigenvalue weighted by Gasteiger charge is 2.29. The Balaban J connectivity index is 0.00000163. The quantitative estimate of drug-likeness (QED) is 0.180. The Morgan fingerprint density at radius 1 is 0.920 bits per heavy atom. The Morgan fingerprint density at radius 3 is 2.04 bits per heavy atom. The van der Waals surface area contributed by atoms with Gasteiger partial charge in [0.25, 0.3) is 11.5 Å². The third kappa shape index (κ3) is 8.53. The van der Waals surface area contributed by atoms with Gasteiger partial charge >= 0.3 is 0 Å². The van der Waals surface area contributed by atoms with Crippen LogP contribution >= 0.6 is 0 Å². The number of pyridine rings is 2. The fraction of sp³-hybridized carbons (Fsp3) is 0.500. The first-order valence-corrected chi connectivity index (χ1v) is 17.8. The summed E-state index contributed by atoms with van der Waals surface area (Å²) in [7, 11) is 9.10. The maximum absolute atomic E-state index is 13.9. The molecule has 4 aromatic rings. The minimum atomic E-state index is -0.213. The molecule has 0 spiro atoms. The normalized spacial score (nSPS) is 14.0. The predicted molar refractivity (Wildman–Crippen MR) is 204 cm³/mol. The number of carbonyl (C=O) groups is 1. The highest BCUT2D eigenvalue weighted by atomic mass is 16.5. The highest BCUT2D eigenvalue weighted by Crippen LogP contribution is 2.42. The van der Waals surface area contributed by atoms with Gasteiger partial charge in [0.15, 0.2) is 11.5 Å². The SMILES string of the molecule is CC.CC.COc1cc(-c2cc3cc(C(=O)NCc4c(C)cc(C)[nH]c4=O)c(C)c(C(C)N4CCC(N(C)C)CC4)n3c2)cc(OC)c1OC. The Kier molecular flexibility index (Phi) is 14.5. The average molecular weight is 690 g/mol. The topological polar surface area (TPSA) is 101 Å². The van der Waals surface area contributed by atoms with Crippen LogP contribution in [0.15, 0.2) is 41.3 Å². The maximum atomic E-state index is 13.9. The van der Waals surface area contributed by atoms with E-state index in [0.717, 1.165) is 65.1 Å². The van der Waals surface area contributed by atoms with E-state index in [-0.39, 0.29) is 24.1 Å². The number of aromatic nitrogens is 2. The molecule has 5 rings (SSSR count). The molecule has 1 saturated heterocycles. The molecule has 274 valence electrons. The number of aryl methyl sites for hydroxylation is 2. The summed E-state index contributed by atoms with van der Waals surface area (Å²) in [6.07, 6.45) is 4.30. The van der Waals surface area contributed by atoms with Crippen molar-refractivity contribution in [1.29, 1.82) is 0 Å². The third-order valence-corrected chi connectivity index (χ3v) is 9.52. The first kappa shape index (κ1) is 40.2. The molecule has 0 bridgehead atoms. The number of hydrogen-bond acceptors (Lipinski definition) is 7. The van der Waals surface area contributed by atoms with E-state index in [9.17, 15) is 9.59 Å². The van der Waals surface area contributed by atoms with Crippen LogP contribution in [0.4, 0.5) is 0 Å². The van der Waals surface area contributed by atoms with Crippen LogP contribution in [-0.4, -0.2) is 79.6 Å². The first-order valence-electron chi connectivity index (χ1n) is 17.8. The lowest BCUT2D eigenvalue weighted by Gasteiger charge is -2.39. The summed E-state index contributed by atoms with van der Waals surface area (Å²) in [4.78, 5) is 34.2. The van der Waals surface area contributed by atoms with Gasteiger partial charge in [-0.15, -0.1) is 0 Å². The standard InChI is InChI=1S/C36H47N5O5.2C2H6/c1-21-14-22(2)38-36(43)30(21)19-37-35(42)29-18-28-15-26(25-16-31(44-7)34(46-9)32(17-25)45-8)20-41(28)33(23(29)3)24(4)40-12-10-27(11-13-40)39(5)6;2*1-2/h14-18,20,24,27H,10-13,19H2,1-9H3,(H,37,42)(H,38,43);2*1-2H3. The summed E-state index contributed by atoms with van der Waals surface area (Å²) in [5, 5.41) is 3.03. The number of hydrogen-bond donors (Lipinski definition) is 2. The summed E-state index contributed by atoms with van der Waals surface area (Å²) in [6.45, 7) is 18.1. The monoisotopic (exact) mass is 689 g/mol. The van der Waals surface area contributed by atoms with Crippen LogP contribution in [-0.2, 0) is 6.54 Å². The summed E-state index contributed by atoms with van der Waals surface area (Å²) >= 11 is 0. The van der Waals surface area contributed by atoms with Crippen LogP contribution in [0.2, 0.25) is 0 Å². The van der Waals surface area contributed by atoms with Crippen molar-refractivity contribution in [2.75, 3.05) is 48.5 Å². The van der Waals surface area contributed by atoms with Crippen LogP contribution in [0.3, 0.4) is 0 Å². The van der Waals surface area contributed by atoms with E-state index in [4.69, 9.17) is 14.2 Å². The number of ether oxygens (including phenoxy) is 3. The average Bonchev–Trinajstić information content (AvgIpc) is 3.55. The van der Waals surface area contributed by atoms with Crippen LogP contribution in [0.1, 0.15) is 91.9 Å². The van der Waals surface area contributed by atoms with Crippen molar-refractivity contribution in [2.24, 2.45) is 0 Å². The van der Waals surface area contributed by atoms with Gasteiger partial charge in [-0.25, -0.2) is 0 Å². The second-order valence-corrected chi connectivity index (χ2v) is 12.5. The van der Waals surface area contributed by atoms with Crippen molar-refractivity contribution >= 4 is 11.4 Å². The fourth-order valence-electron chi connectivity index (χ4n) is 6.86. The Hall–Kier alpha value is -4.28. The molecule has 10 nitrogen and oxygen atoms in total. The van der Waals surface area contributed by atoms with Gasteiger partial charge in [0.2, 0.25) is 5.75 Å². The highest BCUT2D eigenvalue weighted by molar-refractivity contribution is 5.97. The minimum absolute atomic E-state index is 0.0562. The molecule has 4 heterocycles. The molecule has 1 aliphatic heterocycles. The minimum Gasteiger partial charge on any atom is -0.493 e. The molecule has 1 atom stereocenters. The van der Waals surface area contributed by atoms with E-state index in [2.05, 4.69) is 57.8 Å². The van der Waals surface area contributed by atoms with Crippen molar-refractivity contribution in [2.45, 2.75) is 86.9 Å². The summed E-state index contributed by atoms with van der Waals surface area (Å²) in [5.41, 5.74) is 7.35. The second-order valence-electron chi connectivity index (χ2n) is 12.5. The molecular weight excluding hydrogens is 630 g/mol. The number of aromatic amines is 1. The molecule has 0 radical (unpaired) electrons. The zero-order valence-electron chi connectivity index (χ0n) is 32.5. The third-order valence-electron chi connectivity index (χ3n) is 9.52. The van der Waals surface area contributed by atoms with Crippen LogP contribution in [0.5, 0.6) is 17.2 Å². The van der Waals surface area contributed by atoms with Gasteiger partial charge in [0.1, 0.15) is 0 Å². The van der Waals surface area contributed by atoms with Gasteiger partial charge < -0.3 is 33.8 Å². The lowest BCUT2D eigenvalue weighted by Crippen LogP contribution is -2.43. The summed E-state index contributed by atoms with van der Waals surface area (Å²) in [6, 6.07) is 10.4. The van der Waals surface area contributed by atoms with Gasteiger partial charge in [-0.2, -0.15) is 0 Å². The van der Waals surface area contributed by atoms with Gasteiger partial charge in [-0.1, -0.05) is 27.7 Å². The van der Waals surface area contributed by atoms with Crippen molar-refractivity contribution in [1.82, 2.24) is 24.5 Å². The molecule has 0 saturated carbocycles. The molecule has 50 heavy (non-hydrogen) atoms. The second kappa shape index (κ2) is 18.1. The van der Waals surface area contributed by atoms with Crippen LogP contribution in [0.25, 0.3) is 16.6 Å². The van der Waals surface area contributed by atoms with Crippen LogP contribution in [0, 0.1) is 20.8 Å². The fourth-order valence-corrected chi connectivity index (χ4v) is 6.86. The Labute approximate surface area is 298 Å². The molecule has 2 N–H and O–H groups in total. The molecule has 1 aromatic carbocycles. The molecule has 10 heteroatoms. The first-order chi connectivity index (χ1) is 24.0. The van der Waals surface area contributed by atoms with E-state index in [1.807, 2.05) is 72.7 Å². The Morgan fingerprint density at radius 2 is 1.52 bits per heavy atom. The maximum Gasteiger partial charge on any atom is 0.253 e. The number of likely N-dealkylation sites (tertiary alicyclic amines) is 1. The van der Waals surface area contributed by atoms with E-state index < -0.39 is 0 Å². The molecule has 1 unspecified atom stereocenters. The number of fused-ring (bicyclic) bond motifs is 1. The van der Waals surface area contributed by atoms with E-state index in [1.54, 1.807) is 21.3 Å². The van der Waals surface area contributed by atoms with Gasteiger partial charge in [0, 0.05) is 71.5 Å². The number of nitrogens with one attached hydrogen (secondary N) is 2. The number of amides is 1. The number of methoxy groups -OCH3 is 3. The van der Waals surface area contributed by atoms with Crippen molar-refractivity contribution in [3.63, 3.8) is 0 Å². The number of rotatable bonds is 10. The largest absolute Gasteiger partial charge is 0.493 e. The molecule has 0 aliphatic carbocycles. The van der Waals surface area contributed by atoms with Crippen molar-refractivity contribution in [3.8, 4) is 28.4 Å². The van der Waals surface area contributed by atoms with Crippen molar-refractivity contribution in [3.05, 3.63) is 80.5 Å². The lowest BCUT2D eigenvalue weighted by molar-refractivity contribution is 0.0948. The molecule has 3 aromatic heterocycles. The number of nitrogens with zero attached hydrogens (tertiary/aromatic N) is 3. The van der Waals surface area contributed by atoms with E-state index in [1.165, 1.54) is 0 Å². The molecule has 1 amide bonds. The summed E-state index contributed by atoms with van der Waals surface area (Å²) < 4.78 is 19.0.